The fraction of sp³-hybridized carbons (Fsp3) is 0.714. The zero-order valence-corrected chi connectivity index (χ0v) is 12.4. The van der Waals surface area contributed by atoms with Crippen LogP contribution in [-0.2, 0) is 0 Å². The Kier molecular flexibility index (Phi) is 4.24. The molecule has 0 radical (unpaired) electrons. The summed E-state index contributed by atoms with van der Waals surface area (Å²) in [7, 11) is 0. The summed E-state index contributed by atoms with van der Waals surface area (Å²) in [6.07, 6.45) is 1.12. The van der Waals surface area contributed by atoms with Crippen molar-refractivity contribution in [2.24, 2.45) is 5.41 Å². The summed E-state index contributed by atoms with van der Waals surface area (Å²) in [5.41, 5.74) is 0.341. The number of hydrogen-bond acceptors (Lipinski definition) is 5. The molecule has 0 aliphatic carbocycles. The van der Waals surface area contributed by atoms with Crippen molar-refractivity contribution in [3.8, 4) is 0 Å². The molecule has 0 amide bonds. The van der Waals surface area contributed by atoms with Gasteiger partial charge in [-0.1, -0.05) is 20.8 Å². The van der Waals surface area contributed by atoms with E-state index in [-0.39, 0.29) is 0 Å². The molecule has 1 saturated heterocycles. The number of anilines is 2. The van der Waals surface area contributed by atoms with Crippen molar-refractivity contribution in [2.45, 2.75) is 40.2 Å². The van der Waals surface area contributed by atoms with E-state index in [1.807, 2.05) is 13.0 Å². The molecule has 0 aromatic carbocycles. The van der Waals surface area contributed by atoms with Gasteiger partial charge in [0.25, 0.3) is 0 Å². The third-order valence-corrected chi connectivity index (χ3v) is 3.15. The predicted octanol–water partition coefficient (Wildman–Crippen LogP) is 2.02. The predicted molar refractivity (Wildman–Crippen MR) is 79.6 cm³/mol. The van der Waals surface area contributed by atoms with Crippen molar-refractivity contribution in [3.63, 3.8) is 0 Å². The molecule has 106 valence electrons. The number of nitrogens with zero attached hydrogens (tertiary/aromatic N) is 2. The Bertz CT molecular complexity index is 420. The van der Waals surface area contributed by atoms with Crippen LogP contribution in [0.3, 0.4) is 0 Å². The summed E-state index contributed by atoms with van der Waals surface area (Å²) in [5, 5.41) is 10.0. The summed E-state index contributed by atoms with van der Waals surface area (Å²) in [6.45, 7) is 11.6. The zero-order chi connectivity index (χ0) is 13.9. The quantitative estimate of drug-likeness (QED) is 0.758. The lowest BCUT2D eigenvalue weighted by molar-refractivity contribution is 0.389. The van der Waals surface area contributed by atoms with E-state index in [2.05, 4.69) is 46.7 Å². The molecule has 1 aromatic heterocycles. The molecule has 1 aromatic rings. The molecule has 1 fully saturated rings. The van der Waals surface area contributed by atoms with Gasteiger partial charge in [-0.15, -0.1) is 0 Å². The van der Waals surface area contributed by atoms with Gasteiger partial charge in [-0.3, -0.25) is 0 Å². The molecule has 2 rings (SSSR count). The van der Waals surface area contributed by atoms with Crippen LogP contribution in [0.2, 0.25) is 0 Å². The number of rotatable bonds is 5. The number of nitrogens with one attached hydrogen (secondary N) is 3. The van der Waals surface area contributed by atoms with Crippen LogP contribution in [0.15, 0.2) is 6.07 Å². The number of aryl methyl sites for hydroxylation is 1. The average Bonchev–Trinajstić information content (AvgIpc) is 2.21. The van der Waals surface area contributed by atoms with Crippen molar-refractivity contribution in [1.29, 1.82) is 0 Å². The first-order chi connectivity index (χ1) is 8.92. The van der Waals surface area contributed by atoms with E-state index >= 15 is 0 Å². The first-order valence-electron chi connectivity index (χ1n) is 6.99. The Balaban J connectivity index is 1.92. The highest BCUT2D eigenvalue weighted by atomic mass is 15.1. The summed E-state index contributed by atoms with van der Waals surface area (Å²) >= 11 is 0. The van der Waals surface area contributed by atoms with Crippen LogP contribution in [0.25, 0.3) is 0 Å². The standard InChI is InChI=1S/C14H25N5/c1-10-17-12(16-6-5-14(2,3)4)7-13(18-10)19-11-8-15-9-11/h7,11,15H,5-6,8-9H2,1-4H3,(H2,16,17,18,19). The Labute approximate surface area is 115 Å². The SMILES string of the molecule is Cc1nc(NCCC(C)(C)C)cc(NC2CNC2)n1. The van der Waals surface area contributed by atoms with Crippen LogP contribution >= 0.6 is 0 Å². The van der Waals surface area contributed by atoms with Gasteiger partial charge in [-0.2, -0.15) is 0 Å². The van der Waals surface area contributed by atoms with Crippen molar-refractivity contribution in [1.82, 2.24) is 15.3 Å². The van der Waals surface area contributed by atoms with Gasteiger partial charge in [-0.25, -0.2) is 9.97 Å². The minimum atomic E-state index is 0.341. The number of aromatic nitrogens is 2. The lowest BCUT2D eigenvalue weighted by Gasteiger charge is -2.28. The molecular weight excluding hydrogens is 238 g/mol. The normalized spacial score (nSPS) is 16.0. The molecule has 5 heteroatoms. The monoisotopic (exact) mass is 263 g/mol. The summed E-state index contributed by atoms with van der Waals surface area (Å²) in [4.78, 5) is 8.85. The van der Waals surface area contributed by atoms with Crippen molar-refractivity contribution < 1.29 is 0 Å². The van der Waals surface area contributed by atoms with Crippen LogP contribution in [0.5, 0.6) is 0 Å². The van der Waals surface area contributed by atoms with E-state index in [1.165, 1.54) is 0 Å². The molecule has 0 unspecified atom stereocenters. The molecule has 3 N–H and O–H groups in total. The molecule has 1 aliphatic rings. The summed E-state index contributed by atoms with van der Waals surface area (Å²) in [5.74, 6) is 2.62. The highest BCUT2D eigenvalue weighted by molar-refractivity contribution is 5.48. The van der Waals surface area contributed by atoms with Crippen LogP contribution in [0.1, 0.15) is 33.0 Å². The third kappa shape index (κ3) is 4.67. The Morgan fingerprint density at radius 2 is 1.95 bits per heavy atom. The first-order valence-corrected chi connectivity index (χ1v) is 6.99. The lowest BCUT2D eigenvalue weighted by Crippen LogP contribution is -2.51. The molecule has 1 aliphatic heterocycles. The lowest BCUT2D eigenvalue weighted by atomic mass is 9.92. The minimum absolute atomic E-state index is 0.341. The fourth-order valence-corrected chi connectivity index (χ4v) is 1.90. The zero-order valence-electron chi connectivity index (χ0n) is 12.4. The molecule has 2 heterocycles. The molecule has 0 spiro atoms. The van der Waals surface area contributed by atoms with Crippen LogP contribution in [0, 0.1) is 12.3 Å². The van der Waals surface area contributed by atoms with E-state index in [9.17, 15) is 0 Å². The van der Waals surface area contributed by atoms with Crippen molar-refractivity contribution in [2.75, 3.05) is 30.3 Å². The van der Waals surface area contributed by atoms with Gasteiger partial charge >= 0.3 is 0 Å². The fourth-order valence-electron chi connectivity index (χ4n) is 1.90. The summed E-state index contributed by atoms with van der Waals surface area (Å²) in [6, 6.07) is 2.49. The maximum Gasteiger partial charge on any atom is 0.132 e. The van der Waals surface area contributed by atoms with Crippen molar-refractivity contribution >= 4 is 11.6 Å². The average molecular weight is 263 g/mol. The summed E-state index contributed by atoms with van der Waals surface area (Å²) < 4.78 is 0. The van der Waals surface area contributed by atoms with Gasteiger partial charge in [0.1, 0.15) is 17.5 Å². The Morgan fingerprint density at radius 1 is 1.26 bits per heavy atom. The van der Waals surface area contributed by atoms with Gasteiger partial charge in [0.2, 0.25) is 0 Å². The second-order valence-corrected chi connectivity index (χ2v) is 6.42. The second kappa shape index (κ2) is 5.74. The van der Waals surface area contributed by atoms with Gasteiger partial charge in [0.15, 0.2) is 0 Å². The highest BCUT2D eigenvalue weighted by Crippen LogP contribution is 2.19. The van der Waals surface area contributed by atoms with Crippen LogP contribution in [0.4, 0.5) is 11.6 Å². The largest absolute Gasteiger partial charge is 0.370 e. The molecule has 0 atom stereocenters. The second-order valence-electron chi connectivity index (χ2n) is 6.42. The molecule has 0 bridgehead atoms. The van der Waals surface area contributed by atoms with E-state index in [0.29, 0.717) is 11.5 Å². The molecular formula is C14H25N5. The topological polar surface area (TPSA) is 61.9 Å². The van der Waals surface area contributed by atoms with Crippen molar-refractivity contribution in [3.05, 3.63) is 11.9 Å². The first kappa shape index (κ1) is 14.1. The van der Waals surface area contributed by atoms with Crippen LogP contribution in [-0.4, -0.2) is 35.6 Å². The molecule has 0 saturated carbocycles. The maximum absolute atomic E-state index is 4.43. The van der Waals surface area contributed by atoms with Gasteiger partial charge in [0.05, 0.1) is 6.04 Å². The third-order valence-electron chi connectivity index (χ3n) is 3.15. The van der Waals surface area contributed by atoms with E-state index in [1.54, 1.807) is 0 Å². The number of hydrogen-bond donors (Lipinski definition) is 3. The Hall–Kier alpha value is -1.36. The Morgan fingerprint density at radius 3 is 2.53 bits per heavy atom. The van der Waals surface area contributed by atoms with E-state index < -0.39 is 0 Å². The maximum atomic E-state index is 4.43. The minimum Gasteiger partial charge on any atom is -0.370 e. The van der Waals surface area contributed by atoms with E-state index in [0.717, 1.165) is 43.5 Å². The van der Waals surface area contributed by atoms with Gasteiger partial charge in [-0.05, 0) is 18.8 Å². The van der Waals surface area contributed by atoms with Crippen LogP contribution < -0.4 is 16.0 Å². The van der Waals surface area contributed by atoms with Gasteiger partial charge in [0, 0.05) is 25.7 Å². The highest BCUT2D eigenvalue weighted by Gasteiger charge is 2.17. The smallest absolute Gasteiger partial charge is 0.132 e. The molecule has 19 heavy (non-hydrogen) atoms. The van der Waals surface area contributed by atoms with E-state index in [4.69, 9.17) is 0 Å². The van der Waals surface area contributed by atoms with Gasteiger partial charge < -0.3 is 16.0 Å². The molecule has 5 nitrogen and oxygen atoms in total.